The van der Waals surface area contributed by atoms with Crippen LogP contribution in [-0.4, -0.2) is 75.9 Å². The summed E-state index contributed by atoms with van der Waals surface area (Å²) in [6.45, 7) is 5.93. The molecule has 0 unspecified atom stereocenters. The summed E-state index contributed by atoms with van der Waals surface area (Å²) in [6.07, 6.45) is 5.03. The number of benzene rings is 2. The summed E-state index contributed by atoms with van der Waals surface area (Å²) in [5, 5.41) is 13.8. The van der Waals surface area contributed by atoms with Crippen LogP contribution in [0.25, 0.3) is 11.8 Å². The van der Waals surface area contributed by atoms with Gasteiger partial charge in [0, 0.05) is 62.8 Å². The molecule has 1 aliphatic rings. The SMILES string of the molecule is Cc1[nH]n(-c2ccc([N+](=O)[O-])cc2)c(=O)c1C=NCCN1CCN(C(=O)/C=C/c2ccccc2)CC1. The van der Waals surface area contributed by atoms with E-state index in [0.29, 0.717) is 36.6 Å². The molecule has 2 aromatic carbocycles. The van der Waals surface area contributed by atoms with E-state index in [1.54, 1.807) is 19.2 Å². The van der Waals surface area contributed by atoms with Crippen LogP contribution in [0, 0.1) is 17.0 Å². The highest BCUT2D eigenvalue weighted by Crippen LogP contribution is 2.14. The third-order valence-corrected chi connectivity index (χ3v) is 6.10. The van der Waals surface area contributed by atoms with Crippen LogP contribution < -0.4 is 5.56 Å². The highest BCUT2D eigenvalue weighted by atomic mass is 16.6. The Kier molecular flexibility index (Phi) is 7.86. The number of carbonyl (C=O) groups excluding carboxylic acids is 1. The average Bonchev–Trinajstić information content (AvgIpc) is 3.19. The number of aromatic nitrogens is 2. The Hall–Kier alpha value is -4.31. The second-order valence-corrected chi connectivity index (χ2v) is 8.51. The molecule has 1 aliphatic heterocycles. The minimum absolute atomic E-state index is 0.0174. The second-order valence-electron chi connectivity index (χ2n) is 8.51. The molecule has 2 heterocycles. The van der Waals surface area contributed by atoms with Gasteiger partial charge in [0.1, 0.15) is 0 Å². The Morgan fingerprint density at radius 1 is 1.08 bits per heavy atom. The van der Waals surface area contributed by atoms with Crippen LogP contribution >= 0.6 is 0 Å². The summed E-state index contributed by atoms with van der Waals surface area (Å²) in [4.78, 5) is 44.1. The molecule has 10 nitrogen and oxygen atoms in total. The zero-order valence-electron chi connectivity index (χ0n) is 20.0. The van der Waals surface area contributed by atoms with Gasteiger partial charge in [-0.3, -0.25) is 34.7 Å². The van der Waals surface area contributed by atoms with Crippen LogP contribution in [0.1, 0.15) is 16.8 Å². The Bertz CT molecular complexity index is 1320. The van der Waals surface area contributed by atoms with E-state index < -0.39 is 4.92 Å². The molecule has 0 aliphatic carbocycles. The first kappa shape index (κ1) is 24.8. The number of nitrogens with zero attached hydrogens (tertiary/aromatic N) is 5. The summed E-state index contributed by atoms with van der Waals surface area (Å²) < 4.78 is 1.35. The number of carbonyl (C=O) groups is 1. The number of nitro groups is 1. The van der Waals surface area contributed by atoms with Crippen LogP contribution in [0.5, 0.6) is 0 Å². The van der Waals surface area contributed by atoms with Gasteiger partial charge in [-0.2, -0.15) is 0 Å². The van der Waals surface area contributed by atoms with Crippen LogP contribution in [0.4, 0.5) is 5.69 Å². The number of H-pyrrole nitrogens is 1. The van der Waals surface area contributed by atoms with Crippen molar-refractivity contribution in [3.05, 3.63) is 98.0 Å². The lowest BCUT2D eigenvalue weighted by Gasteiger charge is -2.33. The summed E-state index contributed by atoms with van der Waals surface area (Å²) >= 11 is 0. The number of non-ortho nitro benzene ring substituents is 1. The number of hydrogen-bond acceptors (Lipinski definition) is 6. The number of hydrogen-bond donors (Lipinski definition) is 1. The van der Waals surface area contributed by atoms with E-state index in [4.69, 9.17) is 0 Å². The number of nitro benzene ring substituents is 1. The lowest BCUT2D eigenvalue weighted by atomic mass is 10.2. The molecule has 1 fully saturated rings. The Labute approximate surface area is 208 Å². The number of amides is 1. The molecule has 36 heavy (non-hydrogen) atoms. The molecule has 0 atom stereocenters. The topological polar surface area (TPSA) is 117 Å². The van der Waals surface area contributed by atoms with Crippen molar-refractivity contribution in [1.29, 1.82) is 0 Å². The number of aliphatic imine (C=N–C) groups is 1. The number of rotatable bonds is 8. The highest BCUT2D eigenvalue weighted by Gasteiger charge is 2.19. The van der Waals surface area contributed by atoms with Gasteiger partial charge in [0.05, 0.1) is 22.7 Å². The predicted octanol–water partition coefficient (Wildman–Crippen LogP) is 2.66. The first-order valence-corrected chi connectivity index (χ1v) is 11.7. The summed E-state index contributed by atoms with van der Waals surface area (Å²) in [6, 6.07) is 15.5. The van der Waals surface area contributed by atoms with E-state index in [9.17, 15) is 19.7 Å². The minimum Gasteiger partial charge on any atom is -0.337 e. The highest BCUT2D eigenvalue weighted by molar-refractivity contribution is 5.91. The van der Waals surface area contributed by atoms with Gasteiger partial charge in [-0.15, -0.1) is 0 Å². The second kappa shape index (κ2) is 11.4. The molecule has 1 N–H and O–H groups in total. The zero-order chi connectivity index (χ0) is 25.5. The van der Waals surface area contributed by atoms with Crippen LogP contribution in [0.15, 0.2) is 70.5 Å². The Morgan fingerprint density at radius 3 is 2.44 bits per heavy atom. The zero-order valence-corrected chi connectivity index (χ0v) is 20.0. The maximum atomic E-state index is 12.8. The van der Waals surface area contributed by atoms with Gasteiger partial charge in [0.2, 0.25) is 5.91 Å². The smallest absolute Gasteiger partial charge is 0.280 e. The fraction of sp³-hybridized carbons (Fsp3) is 0.269. The van der Waals surface area contributed by atoms with Crippen LogP contribution in [0.3, 0.4) is 0 Å². The number of nitrogens with one attached hydrogen (secondary N) is 1. The van der Waals surface area contributed by atoms with Crippen LogP contribution in [-0.2, 0) is 4.79 Å². The van der Waals surface area contributed by atoms with E-state index in [1.165, 1.54) is 28.9 Å². The van der Waals surface area contributed by atoms with Gasteiger partial charge in [0.15, 0.2) is 0 Å². The van der Waals surface area contributed by atoms with E-state index in [-0.39, 0.29) is 17.2 Å². The maximum absolute atomic E-state index is 12.8. The summed E-state index contributed by atoms with van der Waals surface area (Å²) in [5.74, 6) is 0.0174. The largest absolute Gasteiger partial charge is 0.337 e. The third-order valence-electron chi connectivity index (χ3n) is 6.10. The monoisotopic (exact) mass is 488 g/mol. The molecule has 0 saturated carbocycles. The van der Waals surface area contributed by atoms with Crippen LogP contribution in [0.2, 0.25) is 0 Å². The first-order valence-electron chi connectivity index (χ1n) is 11.7. The van der Waals surface area contributed by atoms with E-state index in [1.807, 2.05) is 41.3 Å². The van der Waals surface area contributed by atoms with E-state index in [0.717, 1.165) is 25.2 Å². The molecular weight excluding hydrogens is 460 g/mol. The predicted molar refractivity (Wildman–Crippen MR) is 139 cm³/mol. The van der Waals surface area contributed by atoms with Crippen molar-refractivity contribution in [2.75, 3.05) is 39.3 Å². The molecular formula is C26H28N6O4. The van der Waals surface area contributed by atoms with Crippen molar-refractivity contribution in [3.63, 3.8) is 0 Å². The van der Waals surface area contributed by atoms with E-state index in [2.05, 4.69) is 15.0 Å². The molecule has 4 rings (SSSR count). The van der Waals surface area contributed by atoms with Gasteiger partial charge < -0.3 is 4.90 Å². The molecule has 0 radical (unpaired) electrons. The first-order chi connectivity index (χ1) is 17.4. The fourth-order valence-electron chi connectivity index (χ4n) is 4.00. The van der Waals surface area contributed by atoms with E-state index >= 15 is 0 Å². The molecule has 1 saturated heterocycles. The van der Waals surface area contributed by atoms with Gasteiger partial charge >= 0.3 is 0 Å². The molecule has 0 bridgehead atoms. The van der Waals surface area contributed by atoms with Crippen molar-refractivity contribution in [2.24, 2.45) is 4.99 Å². The summed E-state index contributed by atoms with van der Waals surface area (Å²) in [7, 11) is 0. The van der Waals surface area contributed by atoms with Crippen molar-refractivity contribution in [2.45, 2.75) is 6.92 Å². The van der Waals surface area contributed by atoms with Crippen molar-refractivity contribution in [3.8, 4) is 5.69 Å². The van der Waals surface area contributed by atoms with Crippen molar-refractivity contribution < 1.29 is 9.72 Å². The Balaban J connectivity index is 1.26. The average molecular weight is 489 g/mol. The fourth-order valence-corrected chi connectivity index (χ4v) is 4.00. The molecule has 3 aromatic rings. The van der Waals surface area contributed by atoms with Crippen molar-refractivity contribution >= 4 is 23.9 Å². The molecule has 1 amide bonds. The maximum Gasteiger partial charge on any atom is 0.280 e. The van der Waals surface area contributed by atoms with Gasteiger partial charge in [-0.25, -0.2) is 4.68 Å². The lowest BCUT2D eigenvalue weighted by molar-refractivity contribution is -0.384. The molecule has 186 valence electrons. The standard InChI is InChI=1S/C26H28N6O4/c1-20-24(26(34)31(28-20)22-8-10-23(11-9-22)32(35)36)19-27-13-14-29-15-17-30(18-16-29)25(33)12-7-21-5-3-2-4-6-21/h2-12,19,28H,13-18H2,1H3/b12-7+,27-19?. The van der Waals surface area contributed by atoms with Gasteiger partial charge in [-0.1, -0.05) is 30.3 Å². The minimum atomic E-state index is -0.481. The number of aromatic amines is 1. The third kappa shape index (κ3) is 6.02. The summed E-state index contributed by atoms with van der Waals surface area (Å²) in [5.41, 5.74) is 2.33. The molecule has 10 heteroatoms. The van der Waals surface area contributed by atoms with Crippen molar-refractivity contribution in [1.82, 2.24) is 19.6 Å². The van der Waals surface area contributed by atoms with Gasteiger partial charge in [0.25, 0.3) is 11.2 Å². The molecule has 1 aromatic heterocycles. The quantitative estimate of drug-likeness (QED) is 0.226. The number of piperazine rings is 1. The molecule has 0 spiro atoms. The Morgan fingerprint density at radius 2 is 1.78 bits per heavy atom. The van der Waals surface area contributed by atoms with Gasteiger partial charge in [-0.05, 0) is 30.7 Å². The number of aryl methyl sites for hydroxylation is 1. The normalized spacial score (nSPS) is 14.6. The lowest BCUT2D eigenvalue weighted by Crippen LogP contribution is -2.48.